The van der Waals surface area contributed by atoms with E-state index in [0.29, 0.717) is 6.10 Å². The van der Waals surface area contributed by atoms with Crippen molar-refractivity contribution in [2.45, 2.75) is 31.8 Å². The first-order chi connectivity index (χ1) is 5.43. The Morgan fingerprint density at radius 3 is 3.00 bits per heavy atom. The van der Waals surface area contributed by atoms with Crippen LogP contribution in [0.4, 0.5) is 0 Å². The van der Waals surface area contributed by atoms with Crippen LogP contribution < -0.4 is 5.73 Å². The number of rotatable bonds is 3. The molecule has 3 atom stereocenters. The molecule has 0 aromatic carbocycles. The Balaban J connectivity index is 1.72. The molecule has 1 saturated heterocycles. The molecule has 0 aromatic rings. The highest BCUT2D eigenvalue weighted by atomic mass is 16.5. The normalized spacial score (nSPS) is 41.7. The van der Waals surface area contributed by atoms with Gasteiger partial charge in [-0.25, -0.2) is 0 Å². The topological polar surface area (TPSA) is 35.2 Å². The minimum absolute atomic E-state index is 0.635. The van der Waals surface area contributed by atoms with Crippen molar-refractivity contribution in [3.63, 3.8) is 0 Å². The molecule has 2 heteroatoms. The Bertz CT molecular complexity index is 126. The van der Waals surface area contributed by atoms with Crippen molar-refractivity contribution in [1.29, 1.82) is 0 Å². The predicted molar refractivity (Wildman–Crippen MR) is 44.2 cm³/mol. The fourth-order valence-electron chi connectivity index (χ4n) is 2.31. The minimum Gasteiger partial charge on any atom is -0.378 e. The van der Waals surface area contributed by atoms with Gasteiger partial charge in [0, 0.05) is 6.61 Å². The predicted octanol–water partition coefficient (Wildman–Crippen LogP) is 1.15. The highest BCUT2D eigenvalue weighted by Gasteiger charge is 2.51. The van der Waals surface area contributed by atoms with Crippen LogP contribution in [0.1, 0.15) is 25.7 Å². The fourth-order valence-corrected chi connectivity index (χ4v) is 2.31. The van der Waals surface area contributed by atoms with Gasteiger partial charge in [-0.05, 0) is 44.1 Å². The lowest BCUT2D eigenvalue weighted by Gasteiger charge is -2.07. The summed E-state index contributed by atoms with van der Waals surface area (Å²) in [5.74, 6) is 1.79. The van der Waals surface area contributed by atoms with Crippen molar-refractivity contribution in [3.05, 3.63) is 0 Å². The zero-order valence-corrected chi connectivity index (χ0v) is 6.96. The van der Waals surface area contributed by atoms with E-state index in [4.69, 9.17) is 10.5 Å². The van der Waals surface area contributed by atoms with Crippen LogP contribution in [-0.2, 0) is 4.74 Å². The Kier molecular flexibility index (Phi) is 2.14. The highest BCUT2D eigenvalue weighted by Crippen LogP contribution is 2.50. The summed E-state index contributed by atoms with van der Waals surface area (Å²) in [4.78, 5) is 0. The first kappa shape index (κ1) is 7.56. The lowest BCUT2D eigenvalue weighted by molar-refractivity contribution is 0.0749. The third kappa shape index (κ3) is 1.42. The number of hydrogen-bond acceptors (Lipinski definition) is 2. The van der Waals surface area contributed by atoms with Gasteiger partial charge < -0.3 is 10.5 Å². The Morgan fingerprint density at radius 2 is 2.36 bits per heavy atom. The van der Waals surface area contributed by atoms with E-state index in [9.17, 15) is 0 Å². The molecule has 64 valence electrons. The summed E-state index contributed by atoms with van der Waals surface area (Å²) in [5, 5.41) is 0. The molecule has 2 nitrogen and oxygen atoms in total. The summed E-state index contributed by atoms with van der Waals surface area (Å²) < 4.78 is 5.62. The monoisotopic (exact) mass is 155 g/mol. The first-order valence-corrected chi connectivity index (χ1v) is 4.75. The summed E-state index contributed by atoms with van der Waals surface area (Å²) in [6, 6.07) is 0. The van der Waals surface area contributed by atoms with E-state index in [1.54, 1.807) is 0 Å². The van der Waals surface area contributed by atoms with Crippen molar-refractivity contribution >= 4 is 0 Å². The van der Waals surface area contributed by atoms with Crippen LogP contribution in [0.3, 0.4) is 0 Å². The summed E-state index contributed by atoms with van der Waals surface area (Å²) in [6.45, 7) is 1.84. The molecule has 0 amide bonds. The summed E-state index contributed by atoms with van der Waals surface area (Å²) in [6.07, 6.45) is 5.79. The van der Waals surface area contributed by atoms with E-state index in [2.05, 4.69) is 0 Å². The van der Waals surface area contributed by atoms with Gasteiger partial charge in [0.1, 0.15) is 0 Å². The largest absolute Gasteiger partial charge is 0.378 e. The molecule has 2 rings (SSSR count). The number of nitrogens with two attached hydrogens (primary N) is 1. The number of ether oxygens (including phenoxy) is 1. The second-order valence-electron chi connectivity index (χ2n) is 3.74. The molecule has 0 bridgehead atoms. The molecule has 2 fully saturated rings. The third-order valence-corrected chi connectivity index (χ3v) is 2.99. The molecule has 1 saturated carbocycles. The maximum Gasteiger partial charge on any atom is 0.0638 e. The van der Waals surface area contributed by atoms with Gasteiger partial charge in [-0.2, -0.15) is 0 Å². The average Bonchev–Trinajstić information content (AvgIpc) is 2.75. The SMILES string of the molecule is NCCCC1[C@H]2CCCO[C@@H]12. The summed E-state index contributed by atoms with van der Waals surface area (Å²) in [7, 11) is 0. The van der Waals surface area contributed by atoms with E-state index in [1.165, 1.54) is 25.7 Å². The molecule has 11 heavy (non-hydrogen) atoms. The van der Waals surface area contributed by atoms with Gasteiger partial charge in [0.25, 0.3) is 0 Å². The van der Waals surface area contributed by atoms with Gasteiger partial charge in [-0.1, -0.05) is 0 Å². The van der Waals surface area contributed by atoms with Crippen LogP contribution in [-0.4, -0.2) is 19.3 Å². The average molecular weight is 155 g/mol. The number of hydrogen-bond donors (Lipinski definition) is 1. The summed E-state index contributed by atoms with van der Waals surface area (Å²) >= 11 is 0. The van der Waals surface area contributed by atoms with Crippen LogP contribution in [0.15, 0.2) is 0 Å². The van der Waals surface area contributed by atoms with Crippen molar-refractivity contribution in [3.8, 4) is 0 Å². The van der Waals surface area contributed by atoms with Gasteiger partial charge in [0.2, 0.25) is 0 Å². The molecule has 1 aliphatic heterocycles. The molecule has 2 N–H and O–H groups in total. The lowest BCUT2D eigenvalue weighted by atomic mass is 10.1. The van der Waals surface area contributed by atoms with Crippen molar-refractivity contribution < 1.29 is 4.74 Å². The van der Waals surface area contributed by atoms with Gasteiger partial charge >= 0.3 is 0 Å². The molecule has 1 unspecified atom stereocenters. The van der Waals surface area contributed by atoms with E-state index in [0.717, 1.165) is 25.0 Å². The fraction of sp³-hybridized carbons (Fsp3) is 1.00. The van der Waals surface area contributed by atoms with Crippen molar-refractivity contribution in [2.75, 3.05) is 13.2 Å². The van der Waals surface area contributed by atoms with Gasteiger partial charge in [-0.15, -0.1) is 0 Å². The molecule has 1 aliphatic carbocycles. The third-order valence-electron chi connectivity index (χ3n) is 2.99. The smallest absolute Gasteiger partial charge is 0.0638 e. The zero-order valence-electron chi connectivity index (χ0n) is 6.96. The Hall–Kier alpha value is -0.0800. The van der Waals surface area contributed by atoms with Crippen LogP contribution in [0.5, 0.6) is 0 Å². The highest BCUT2D eigenvalue weighted by molar-refractivity contribution is 5.00. The molecule has 2 aliphatic rings. The second kappa shape index (κ2) is 3.11. The molecule has 0 aromatic heterocycles. The van der Waals surface area contributed by atoms with Crippen LogP contribution in [0, 0.1) is 11.8 Å². The van der Waals surface area contributed by atoms with Gasteiger partial charge in [0.15, 0.2) is 0 Å². The van der Waals surface area contributed by atoms with E-state index in [-0.39, 0.29) is 0 Å². The number of fused-ring (bicyclic) bond motifs is 1. The molecule has 1 heterocycles. The van der Waals surface area contributed by atoms with E-state index in [1.807, 2.05) is 0 Å². The Morgan fingerprint density at radius 1 is 1.45 bits per heavy atom. The zero-order chi connectivity index (χ0) is 7.68. The second-order valence-corrected chi connectivity index (χ2v) is 3.74. The van der Waals surface area contributed by atoms with Crippen molar-refractivity contribution in [1.82, 2.24) is 0 Å². The molecular weight excluding hydrogens is 138 g/mol. The first-order valence-electron chi connectivity index (χ1n) is 4.75. The van der Waals surface area contributed by atoms with Crippen LogP contribution >= 0.6 is 0 Å². The minimum atomic E-state index is 0.635. The van der Waals surface area contributed by atoms with Crippen LogP contribution in [0.2, 0.25) is 0 Å². The maximum absolute atomic E-state index is 5.62. The molecule has 0 radical (unpaired) electrons. The standard InChI is InChI=1S/C9H17NO/c10-5-1-3-7-8-4-2-6-11-9(7)8/h7-9H,1-6,10H2/t7?,8-,9+/m1/s1. The van der Waals surface area contributed by atoms with Gasteiger partial charge in [0.05, 0.1) is 6.10 Å². The molecule has 0 spiro atoms. The van der Waals surface area contributed by atoms with Crippen molar-refractivity contribution in [2.24, 2.45) is 17.6 Å². The van der Waals surface area contributed by atoms with Gasteiger partial charge in [-0.3, -0.25) is 0 Å². The lowest BCUT2D eigenvalue weighted by Crippen LogP contribution is -2.06. The van der Waals surface area contributed by atoms with Crippen LogP contribution in [0.25, 0.3) is 0 Å². The summed E-state index contributed by atoms with van der Waals surface area (Å²) in [5.41, 5.74) is 5.45. The molecular formula is C9H17NO. The van der Waals surface area contributed by atoms with E-state index >= 15 is 0 Å². The Labute approximate surface area is 68.1 Å². The van der Waals surface area contributed by atoms with E-state index < -0.39 is 0 Å². The maximum atomic E-state index is 5.62. The quantitative estimate of drug-likeness (QED) is 0.663.